The summed E-state index contributed by atoms with van der Waals surface area (Å²) < 4.78 is 25.9. The Morgan fingerprint density at radius 1 is 0.944 bits per heavy atom. The maximum atomic E-state index is 13.1. The fourth-order valence-corrected chi connectivity index (χ4v) is 1.99. The van der Waals surface area contributed by atoms with Gasteiger partial charge < -0.3 is 5.11 Å². The molecular weight excluding hydrogens is 281 g/mol. The monoisotopic (exact) mass is 288 g/mol. The Hall–Kier alpha value is -1.16. The first-order chi connectivity index (χ1) is 8.49. The topological polar surface area (TPSA) is 20.2 Å². The van der Waals surface area contributed by atoms with Crippen LogP contribution in [0.4, 0.5) is 8.78 Å². The molecule has 2 aromatic carbocycles. The van der Waals surface area contributed by atoms with Crippen LogP contribution in [0.3, 0.4) is 0 Å². The number of halogens is 4. The van der Waals surface area contributed by atoms with Crippen molar-refractivity contribution in [1.29, 1.82) is 0 Å². The molecule has 0 aliphatic heterocycles. The minimum absolute atomic E-state index is 0.207. The van der Waals surface area contributed by atoms with Crippen LogP contribution in [0.15, 0.2) is 36.4 Å². The third kappa shape index (κ3) is 2.64. The highest BCUT2D eigenvalue weighted by Crippen LogP contribution is 2.31. The van der Waals surface area contributed by atoms with Crippen LogP contribution in [0.2, 0.25) is 10.0 Å². The normalized spacial score (nSPS) is 12.5. The second-order valence-electron chi connectivity index (χ2n) is 3.74. The first-order valence-corrected chi connectivity index (χ1v) is 5.82. The Kier molecular flexibility index (Phi) is 3.85. The average molecular weight is 289 g/mol. The predicted molar refractivity (Wildman–Crippen MR) is 66.9 cm³/mol. The van der Waals surface area contributed by atoms with Crippen molar-refractivity contribution in [2.75, 3.05) is 0 Å². The second-order valence-corrected chi connectivity index (χ2v) is 4.59. The molecule has 0 heterocycles. The number of hydrogen-bond donors (Lipinski definition) is 1. The van der Waals surface area contributed by atoms with E-state index in [1.54, 1.807) is 6.07 Å². The Labute approximate surface area is 113 Å². The van der Waals surface area contributed by atoms with Gasteiger partial charge in [0.25, 0.3) is 0 Å². The smallest absolute Gasteiger partial charge is 0.159 e. The van der Waals surface area contributed by atoms with Gasteiger partial charge in [0, 0.05) is 15.6 Å². The van der Waals surface area contributed by atoms with E-state index in [1.165, 1.54) is 18.2 Å². The van der Waals surface area contributed by atoms with Crippen molar-refractivity contribution in [3.05, 3.63) is 69.2 Å². The van der Waals surface area contributed by atoms with Gasteiger partial charge in [-0.2, -0.15) is 0 Å². The quantitative estimate of drug-likeness (QED) is 0.871. The lowest BCUT2D eigenvalue weighted by molar-refractivity contribution is 0.219. The first-order valence-electron chi connectivity index (χ1n) is 5.07. The minimum Gasteiger partial charge on any atom is -0.384 e. The van der Waals surface area contributed by atoms with Gasteiger partial charge in [-0.25, -0.2) is 8.78 Å². The third-order valence-corrected chi connectivity index (χ3v) is 3.09. The number of rotatable bonds is 2. The molecule has 0 radical (unpaired) electrons. The highest BCUT2D eigenvalue weighted by Gasteiger charge is 2.16. The summed E-state index contributed by atoms with van der Waals surface area (Å²) in [6.45, 7) is 0. The van der Waals surface area contributed by atoms with Gasteiger partial charge in [0.15, 0.2) is 11.6 Å². The second kappa shape index (κ2) is 5.22. The van der Waals surface area contributed by atoms with Crippen LogP contribution in [0.5, 0.6) is 0 Å². The van der Waals surface area contributed by atoms with E-state index in [1.807, 2.05) is 0 Å². The van der Waals surface area contributed by atoms with Crippen LogP contribution < -0.4 is 0 Å². The van der Waals surface area contributed by atoms with E-state index < -0.39 is 17.7 Å². The molecule has 0 bridgehead atoms. The third-order valence-electron chi connectivity index (χ3n) is 2.51. The van der Waals surface area contributed by atoms with Gasteiger partial charge in [0.1, 0.15) is 6.10 Å². The van der Waals surface area contributed by atoms with Crippen molar-refractivity contribution in [2.45, 2.75) is 6.10 Å². The molecule has 1 unspecified atom stereocenters. The number of benzene rings is 2. The molecule has 1 atom stereocenters. The molecule has 0 saturated heterocycles. The van der Waals surface area contributed by atoms with Crippen molar-refractivity contribution < 1.29 is 13.9 Å². The first kappa shape index (κ1) is 13.3. The van der Waals surface area contributed by atoms with Crippen LogP contribution in [-0.2, 0) is 0 Å². The van der Waals surface area contributed by atoms with E-state index in [0.717, 1.165) is 12.1 Å². The highest BCUT2D eigenvalue weighted by atomic mass is 35.5. The lowest BCUT2D eigenvalue weighted by Crippen LogP contribution is -2.02. The van der Waals surface area contributed by atoms with Gasteiger partial charge in [-0.15, -0.1) is 0 Å². The SMILES string of the molecule is OC(c1ccc(F)c(F)c1)c1cc(Cl)ccc1Cl. The fraction of sp³-hybridized carbons (Fsp3) is 0.0769. The van der Waals surface area contributed by atoms with Crippen LogP contribution in [0.25, 0.3) is 0 Å². The molecule has 0 fully saturated rings. The van der Waals surface area contributed by atoms with Crippen LogP contribution in [-0.4, -0.2) is 5.11 Å². The van der Waals surface area contributed by atoms with Gasteiger partial charge in [0.2, 0.25) is 0 Å². The van der Waals surface area contributed by atoms with Gasteiger partial charge in [-0.3, -0.25) is 0 Å². The van der Waals surface area contributed by atoms with E-state index in [2.05, 4.69) is 0 Å². The fourth-order valence-electron chi connectivity index (χ4n) is 1.59. The van der Waals surface area contributed by atoms with E-state index in [9.17, 15) is 13.9 Å². The molecule has 0 spiro atoms. The van der Waals surface area contributed by atoms with Gasteiger partial charge in [-0.1, -0.05) is 29.3 Å². The predicted octanol–water partition coefficient (Wildman–Crippen LogP) is 4.35. The van der Waals surface area contributed by atoms with Crippen LogP contribution >= 0.6 is 23.2 Å². The molecule has 0 aliphatic rings. The molecule has 0 aliphatic carbocycles. The summed E-state index contributed by atoms with van der Waals surface area (Å²) in [7, 11) is 0. The van der Waals surface area contributed by atoms with Crippen molar-refractivity contribution in [3.8, 4) is 0 Å². The molecule has 2 rings (SSSR count). The van der Waals surface area contributed by atoms with E-state index in [4.69, 9.17) is 23.2 Å². The van der Waals surface area contributed by atoms with E-state index >= 15 is 0 Å². The minimum atomic E-state index is -1.16. The van der Waals surface area contributed by atoms with Gasteiger partial charge in [0.05, 0.1) is 0 Å². The molecule has 0 aromatic heterocycles. The zero-order valence-electron chi connectivity index (χ0n) is 9.00. The Morgan fingerprint density at radius 3 is 2.33 bits per heavy atom. The summed E-state index contributed by atoms with van der Waals surface area (Å²) in [6, 6.07) is 7.76. The molecule has 2 aromatic rings. The zero-order chi connectivity index (χ0) is 13.3. The summed E-state index contributed by atoms with van der Waals surface area (Å²) in [6.07, 6.45) is -1.16. The number of aliphatic hydroxyl groups excluding tert-OH is 1. The van der Waals surface area contributed by atoms with Crippen molar-refractivity contribution >= 4 is 23.2 Å². The molecule has 94 valence electrons. The average Bonchev–Trinajstić information content (AvgIpc) is 2.35. The lowest BCUT2D eigenvalue weighted by Gasteiger charge is -2.13. The van der Waals surface area contributed by atoms with E-state index in [-0.39, 0.29) is 5.56 Å². The number of aliphatic hydroxyl groups is 1. The summed E-state index contributed by atoms with van der Waals surface area (Å²) in [5.41, 5.74) is 0.549. The van der Waals surface area contributed by atoms with Gasteiger partial charge in [-0.05, 0) is 35.9 Å². The largest absolute Gasteiger partial charge is 0.384 e. The highest BCUT2D eigenvalue weighted by molar-refractivity contribution is 6.33. The molecular formula is C13H8Cl2F2O. The molecule has 0 saturated carbocycles. The maximum Gasteiger partial charge on any atom is 0.159 e. The van der Waals surface area contributed by atoms with Crippen LogP contribution in [0.1, 0.15) is 17.2 Å². The summed E-state index contributed by atoms with van der Waals surface area (Å²) in [4.78, 5) is 0. The van der Waals surface area contributed by atoms with Crippen molar-refractivity contribution in [3.63, 3.8) is 0 Å². The molecule has 1 nitrogen and oxygen atoms in total. The Balaban J connectivity index is 2.44. The van der Waals surface area contributed by atoms with Gasteiger partial charge >= 0.3 is 0 Å². The molecule has 5 heteroatoms. The van der Waals surface area contributed by atoms with Crippen LogP contribution in [0, 0.1) is 11.6 Å². The summed E-state index contributed by atoms with van der Waals surface area (Å²) >= 11 is 11.7. The zero-order valence-corrected chi connectivity index (χ0v) is 10.5. The number of hydrogen-bond acceptors (Lipinski definition) is 1. The lowest BCUT2D eigenvalue weighted by atomic mass is 10.0. The Morgan fingerprint density at radius 2 is 1.67 bits per heavy atom. The molecule has 18 heavy (non-hydrogen) atoms. The maximum absolute atomic E-state index is 13.1. The summed E-state index contributed by atoms with van der Waals surface area (Å²) in [5.74, 6) is -1.99. The summed E-state index contributed by atoms with van der Waals surface area (Å²) in [5, 5.41) is 10.8. The standard InChI is InChI=1S/C13H8Cl2F2O/c14-8-2-3-10(15)9(6-8)13(18)7-1-4-11(16)12(17)5-7/h1-6,13,18H. The van der Waals surface area contributed by atoms with E-state index in [0.29, 0.717) is 15.6 Å². The molecule has 0 amide bonds. The van der Waals surface area contributed by atoms with Crippen molar-refractivity contribution in [2.24, 2.45) is 0 Å². The van der Waals surface area contributed by atoms with Crippen molar-refractivity contribution in [1.82, 2.24) is 0 Å². The molecule has 1 N–H and O–H groups in total. The Bertz CT molecular complexity index is 587.